The molecule has 1 aliphatic carbocycles. The number of benzene rings is 1. The Hall–Kier alpha value is -3.88. The van der Waals surface area contributed by atoms with Gasteiger partial charge in [-0.15, -0.1) is 0 Å². The number of carbonyl (C=O) groups excluding carboxylic acids is 3. The SMILES string of the molecule is Cn1cc(C(=O)C(=O)NC2(c3cn[nH]n3)CC(F)(F)C2)c(C(F)(F)F)c1C(=O)Nc1ccc(F)c(Cl)c1. The Morgan fingerprint density at radius 1 is 1.19 bits per heavy atom. The molecule has 0 aliphatic heterocycles. The molecule has 2 amide bonds. The maximum atomic E-state index is 14.0. The molecule has 196 valence electrons. The maximum absolute atomic E-state index is 14.0. The van der Waals surface area contributed by atoms with Gasteiger partial charge in [0.15, 0.2) is 0 Å². The molecule has 0 spiro atoms. The van der Waals surface area contributed by atoms with Crippen molar-refractivity contribution in [3.63, 3.8) is 0 Å². The number of nitrogens with zero attached hydrogens (tertiary/aromatic N) is 3. The van der Waals surface area contributed by atoms with E-state index in [1.165, 1.54) is 0 Å². The number of anilines is 1. The summed E-state index contributed by atoms with van der Waals surface area (Å²) < 4.78 is 83.5. The summed E-state index contributed by atoms with van der Waals surface area (Å²) in [5.74, 6) is -8.72. The first-order valence-corrected chi connectivity index (χ1v) is 10.7. The monoisotopic (exact) mass is 548 g/mol. The van der Waals surface area contributed by atoms with Crippen molar-refractivity contribution in [1.82, 2.24) is 25.3 Å². The summed E-state index contributed by atoms with van der Waals surface area (Å²) in [4.78, 5) is 38.3. The fourth-order valence-corrected chi connectivity index (χ4v) is 4.30. The van der Waals surface area contributed by atoms with Crippen molar-refractivity contribution in [2.24, 2.45) is 7.05 Å². The number of hydrogen-bond donors (Lipinski definition) is 3. The number of ketones is 1. The summed E-state index contributed by atoms with van der Waals surface area (Å²) in [5.41, 5.74) is -6.06. The van der Waals surface area contributed by atoms with Gasteiger partial charge in [0.2, 0.25) is 0 Å². The zero-order chi connectivity index (χ0) is 27.3. The molecule has 1 saturated carbocycles. The van der Waals surface area contributed by atoms with Crippen LogP contribution in [0.25, 0.3) is 0 Å². The normalized spacial score (nSPS) is 16.1. The van der Waals surface area contributed by atoms with E-state index < -0.39 is 75.7 Å². The van der Waals surface area contributed by atoms with Crippen molar-refractivity contribution in [2.45, 2.75) is 30.5 Å². The number of alkyl halides is 5. The lowest BCUT2D eigenvalue weighted by atomic mass is 9.71. The topological polar surface area (TPSA) is 122 Å². The van der Waals surface area contributed by atoms with Crippen LogP contribution >= 0.6 is 11.6 Å². The highest BCUT2D eigenvalue weighted by Crippen LogP contribution is 2.51. The van der Waals surface area contributed by atoms with Gasteiger partial charge in [0.1, 0.15) is 17.2 Å². The van der Waals surface area contributed by atoms with Crippen molar-refractivity contribution in [1.29, 1.82) is 0 Å². The van der Waals surface area contributed by atoms with Crippen LogP contribution in [-0.4, -0.2) is 43.5 Å². The van der Waals surface area contributed by atoms with Gasteiger partial charge in [-0.05, 0) is 18.2 Å². The molecular formula is C21H15ClF6N6O3. The second-order valence-electron chi connectivity index (χ2n) is 8.39. The number of amides is 2. The van der Waals surface area contributed by atoms with Gasteiger partial charge in [0, 0.05) is 31.8 Å². The Morgan fingerprint density at radius 3 is 2.41 bits per heavy atom. The second kappa shape index (κ2) is 8.90. The number of carbonyl (C=O) groups is 3. The average Bonchev–Trinajstić information content (AvgIpc) is 3.42. The molecule has 0 bridgehead atoms. The van der Waals surface area contributed by atoms with Crippen molar-refractivity contribution in [3.05, 3.63) is 63.9 Å². The standard InChI is InChI=1S/C21H15ClF6N6O3/c1-34-6-10(16(35)18(37)31-19(7-20(24,25)8-19)13-5-29-33-32-13)14(21(26,27)28)15(34)17(36)30-9-2-3-12(23)11(22)4-9/h2-6H,7-8H2,1H3,(H,30,36)(H,31,37)(H,29,32,33). The van der Waals surface area contributed by atoms with Gasteiger partial charge in [-0.3, -0.25) is 14.4 Å². The Bertz CT molecular complexity index is 1390. The van der Waals surface area contributed by atoms with Gasteiger partial charge < -0.3 is 15.2 Å². The molecule has 4 rings (SSSR count). The summed E-state index contributed by atoms with van der Waals surface area (Å²) in [7, 11) is 1.03. The third kappa shape index (κ3) is 4.90. The molecule has 3 aromatic rings. The quantitative estimate of drug-likeness (QED) is 0.246. The number of Topliss-reactive ketones (excluding diaryl/α,β-unsaturated/α-hetero) is 1. The van der Waals surface area contributed by atoms with Crippen LogP contribution in [0, 0.1) is 5.82 Å². The summed E-state index contributed by atoms with van der Waals surface area (Å²) in [6, 6.07) is 2.89. The smallest absolute Gasteiger partial charge is 0.345 e. The second-order valence-corrected chi connectivity index (χ2v) is 8.80. The van der Waals surface area contributed by atoms with Crippen LogP contribution in [0.5, 0.6) is 0 Å². The van der Waals surface area contributed by atoms with Crippen molar-refractivity contribution < 1.29 is 40.7 Å². The van der Waals surface area contributed by atoms with E-state index >= 15 is 0 Å². The lowest BCUT2D eigenvalue weighted by Crippen LogP contribution is -2.61. The van der Waals surface area contributed by atoms with E-state index in [1.54, 1.807) is 0 Å². The minimum absolute atomic E-state index is 0.137. The highest BCUT2D eigenvalue weighted by molar-refractivity contribution is 6.43. The third-order valence-corrected chi connectivity index (χ3v) is 5.98. The minimum atomic E-state index is -5.28. The van der Waals surface area contributed by atoms with E-state index in [1.807, 2.05) is 0 Å². The highest BCUT2D eigenvalue weighted by Gasteiger charge is 2.60. The van der Waals surface area contributed by atoms with Crippen LogP contribution < -0.4 is 10.6 Å². The van der Waals surface area contributed by atoms with Crippen molar-refractivity contribution in [2.75, 3.05) is 5.32 Å². The first-order chi connectivity index (χ1) is 17.1. The Morgan fingerprint density at radius 2 is 1.86 bits per heavy atom. The zero-order valence-electron chi connectivity index (χ0n) is 18.5. The molecule has 1 aromatic carbocycles. The van der Waals surface area contributed by atoms with Gasteiger partial charge in [0.25, 0.3) is 23.5 Å². The zero-order valence-corrected chi connectivity index (χ0v) is 19.3. The molecular weight excluding hydrogens is 534 g/mol. The summed E-state index contributed by atoms with van der Waals surface area (Å²) in [6.07, 6.45) is -5.54. The van der Waals surface area contributed by atoms with E-state index in [0.717, 1.165) is 31.4 Å². The first kappa shape index (κ1) is 26.2. The largest absolute Gasteiger partial charge is 0.419 e. The van der Waals surface area contributed by atoms with Gasteiger partial charge in [-0.25, -0.2) is 13.2 Å². The van der Waals surface area contributed by atoms with E-state index in [4.69, 9.17) is 11.6 Å². The molecule has 0 radical (unpaired) electrons. The molecule has 9 nitrogen and oxygen atoms in total. The van der Waals surface area contributed by atoms with E-state index in [2.05, 4.69) is 26.0 Å². The predicted octanol–water partition coefficient (Wildman–Crippen LogP) is 3.83. The molecule has 2 heterocycles. The molecule has 3 N–H and O–H groups in total. The number of halogens is 7. The van der Waals surface area contributed by atoms with Crippen LogP contribution in [-0.2, 0) is 23.6 Å². The summed E-state index contributed by atoms with van der Waals surface area (Å²) >= 11 is 5.63. The number of nitrogens with one attached hydrogen (secondary N) is 3. The van der Waals surface area contributed by atoms with Gasteiger partial charge in [-0.1, -0.05) is 11.6 Å². The lowest BCUT2D eigenvalue weighted by Gasteiger charge is -2.46. The van der Waals surface area contributed by atoms with E-state index in [0.29, 0.717) is 10.8 Å². The van der Waals surface area contributed by atoms with Crippen LogP contribution in [0.2, 0.25) is 5.02 Å². The van der Waals surface area contributed by atoms with Crippen LogP contribution in [0.1, 0.15) is 44.9 Å². The predicted molar refractivity (Wildman–Crippen MR) is 114 cm³/mol. The Balaban J connectivity index is 1.66. The number of rotatable bonds is 6. The molecule has 2 aromatic heterocycles. The minimum Gasteiger partial charge on any atom is -0.345 e. The Kier molecular flexibility index (Phi) is 6.30. The number of aromatic amines is 1. The molecule has 0 saturated heterocycles. The van der Waals surface area contributed by atoms with Crippen molar-refractivity contribution in [3.8, 4) is 0 Å². The van der Waals surface area contributed by atoms with Gasteiger partial charge >= 0.3 is 6.18 Å². The highest BCUT2D eigenvalue weighted by atomic mass is 35.5. The summed E-state index contributed by atoms with van der Waals surface area (Å²) in [5, 5.41) is 13.1. The maximum Gasteiger partial charge on any atom is 0.419 e. The Labute approximate surface area is 208 Å². The van der Waals surface area contributed by atoms with Crippen LogP contribution in [0.15, 0.2) is 30.6 Å². The number of H-pyrrole nitrogens is 1. The van der Waals surface area contributed by atoms with Gasteiger partial charge in [-0.2, -0.15) is 28.6 Å². The van der Waals surface area contributed by atoms with E-state index in [-0.39, 0.29) is 11.4 Å². The molecule has 16 heteroatoms. The van der Waals surface area contributed by atoms with Crippen LogP contribution in [0.4, 0.5) is 32.0 Å². The fourth-order valence-electron chi connectivity index (χ4n) is 4.12. The average molecular weight is 549 g/mol. The summed E-state index contributed by atoms with van der Waals surface area (Å²) in [6.45, 7) is 0. The van der Waals surface area contributed by atoms with Crippen molar-refractivity contribution >= 4 is 34.9 Å². The molecule has 1 aliphatic rings. The third-order valence-electron chi connectivity index (χ3n) is 5.69. The lowest BCUT2D eigenvalue weighted by molar-refractivity contribution is -0.148. The molecule has 37 heavy (non-hydrogen) atoms. The number of aromatic nitrogens is 4. The first-order valence-electron chi connectivity index (χ1n) is 10.3. The number of hydrogen-bond acceptors (Lipinski definition) is 5. The van der Waals surface area contributed by atoms with Crippen LogP contribution in [0.3, 0.4) is 0 Å². The molecule has 0 unspecified atom stereocenters. The fraction of sp³-hybridized carbons (Fsp3) is 0.286. The van der Waals surface area contributed by atoms with E-state index in [9.17, 15) is 40.7 Å². The molecule has 0 atom stereocenters. The molecule has 1 fully saturated rings. The van der Waals surface area contributed by atoms with Gasteiger partial charge in [0.05, 0.1) is 27.9 Å². The number of aryl methyl sites for hydroxylation is 1.